The number of nitrogens with one attached hydrogen (secondary N) is 1. The number of thiocarbonyl (C=S) groups is 1. The first-order valence-electron chi connectivity index (χ1n) is 6.49. The van der Waals surface area contributed by atoms with Crippen LogP contribution in [0.2, 0.25) is 0 Å². The van der Waals surface area contributed by atoms with Gasteiger partial charge in [-0.25, -0.2) is 4.21 Å². The molecule has 4 nitrogen and oxygen atoms in total. The van der Waals surface area contributed by atoms with Crippen LogP contribution >= 0.6 is 12.2 Å². The van der Waals surface area contributed by atoms with Crippen LogP contribution in [0.25, 0.3) is 0 Å². The van der Waals surface area contributed by atoms with E-state index in [1.165, 1.54) is 0 Å². The van der Waals surface area contributed by atoms with E-state index < -0.39 is 9.80 Å². The second-order valence-electron chi connectivity index (χ2n) is 5.81. The van der Waals surface area contributed by atoms with Crippen molar-refractivity contribution in [2.45, 2.75) is 49.5 Å². The van der Waals surface area contributed by atoms with Crippen LogP contribution in [0.5, 0.6) is 0 Å². The molecule has 1 aliphatic heterocycles. The van der Waals surface area contributed by atoms with Gasteiger partial charge in [0.15, 0.2) is 0 Å². The van der Waals surface area contributed by atoms with Gasteiger partial charge in [0.2, 0.25) is 0 Å². The molecule has 3 aliphatic rings. The monoisotopic (exact) mass is 289 g/mol. The van der Waals surface area contributed by atoms with Gasteiger partial charge < -0.3 is 14.6 Å². The minimum absolute atomic E-state index is 0.142. The van der Waals surface area contributed by atoms with E-state index in [2.05, 4.69) is 11.2 Å². The third-order valence-electron chi connectivity index (χ3n) is 4.71. The largest absolute Gasteiger partial charge is 0.466 e. The van der Waals surface area contributed by atoms with Gasteiger partial charge in [-0.1, -0.05) is 0 Å². The van der Waals surface area contributed by atoms with Crippen LogP contribution in [0, 0.1) is 11.8 Å². The lowest BCUT2D eigenvalue weighted by Gasteiger charge is -2.42. The highest BCUT2D eigenvalue weighted by atomic mass is 32.2. The van der Waals surface area contributed by atoms with Gasteiger partial charge in [-0.15, -0.1) is 0 Å². The van der Waals surface area contributed by atoms with E-state index in [4.69, 9.17) is 17.0 Å². The molecule has 6 atom stereocenters. The molecule has 3 fully saturated rings. The molecule has 0 amide bonds. The molecule has 3 rings (SSSR count). The molecular weight excluding hydrogens is 270 g/mol. The van der Waals surface area contributed by atoms with E-state index in [9.17, 15) is 8.76 Å². The molecule has 1 heterocycles. The van der Waals surface area contributed by atoms with Gasteiger partial charge in [0, 0.05) is 0 Å². The average Bonchev–Trinajstić information content (AvgIpc) is 2.62. The predicted octanol–water partition coefficient (Wildman–Crippen LogP) is 1.40. The van der Waals surface area contributed by atoms with E-state index in [-0.39, 0.29) is 11.4 Å². The zero-order valence-electron chi connectivity index (χ0n) is 10.2. The van der Waals surface area contributed by atoms with Crippen LogP contribution in [0.1, 0.15) is 32.1 Å². The second kappa shape index (κ2) is 4.35. The lowest BCUT2D eigenvalue weighted by Crippen LogP contribution is -2.45. The summed E-state index contributed by atoms with van der Waals surface area (Å²) in [6, 6.07) is 0.355. The first kappa shape index (κ1) is 12.7. The number of hydrogen-bond donors (Lipinski definition) is 2. The van der Waals surface area contributed by atoms with Gasteiger partial charge in [-0.3, -0.25) is 0 Å². The van der Waals surface area contributed by atoms with Gasteiger partial charge in [-0.05, 0) is 62.0 Å². The minimum Gasteiger partial charge on any atom is -0.466 e. The Bertz CT molecular complexity index is 462. The van der Waals surface area contributed by atoms with Crippen molar-refractivity contribution in [3.05, 3.63) is 0 Å². The normalized spacial score (nSPS) is 46.3. The first-order chi connectivity index (χ1) is 8.43. The van der Waals surface area contributed by atoms with Gasteiger partial charge >= 0.3 is 0 Å². The molecule has 6 unspecified atom stereocenters. The summed E-state index contributed by atoms with van der Waals surface area (Å²) in [6.45, 7) is 0. The summed E-state index contributed by atoms with van der Waals surface area (Å²) in [4.78, 5) is 0. The maximum Gasteiger partial charge on any atom is 0.257 e. The number of hydrogen-bond acceptors (Lipinski definition) is 3. The van der Waals surface area contributed by atoms with Crippen molar-refractivity contribution in [3.8, 4) is 0 Å². The lowest BCUT2D eigenvalue weighted by molar-refractivity contribution is 0.0652. The molecule has 6 heteroatoms. The molecule has 102 valence electrons. The third-order valence-corrected chi connectivity index (χ3v) is 6.40. The molecule has 0 spiro atoms. The fraction of sp³-hybridized carbons (Fsp3) is 0.833. The van der Waals surface area contributed by atoms with Crippen LogP contribution in [-0.4, -0.2) is 37.2 Å². The summed E-state index contributed by atoms with van der Waals surface area (Å²) in [5.41, 5.74) is 0. The fourth-order valence-electron chi connectivity index (χ4n) is 3.76. The van der Waals surface area contributed by atoms with Crippen molar-refractivity contribution in [2.24, 2.45) is 11.8 Å². The Labute approximate surface area is 113 Å². The van der Waals surface area contributed by atoms with Gasteiger partial charge in [0.1, 0.15) is 6.10 Å². The fourth-order valence-corrected chi connectivity index (χ4v) is 5.09. The van der Waals surface area contributed by atoms with Crippen LogP contribution in [0.4, 0.5) is 0 Å². The molecule has 0 bridgehead atoms. The Morgan fingerprint density at radius 3 is 2.83 bits per heavy atom. The van der Waals surface area contributed by atoms with Crippen LogP contribution in [0.15, 0.2) is 0 Å². The van der Waals surface area contributed by atoms with Gasteiger partial charge in [0.05, 0.1) is 21.1 Å². The molecule has 0 aromatic heterocycles. The second-order valence-corrected chi connectivity index (χ2v) is 8.23. The molecule has 0 radical (unpaired) electrons. The van der Waals surface area contributed by atoms with E-state index in [0.29, 0.717) is 23.1 Å². The Hall–Kier alpha value is -0.330. The van der Waals surface area contributed by atoms with E-state index in [1.807, 2.05) is 0 Å². The van der Waals surface area contributed by atoms with Crippen molar-refractivity contribution in [1.82, 2.24) is 5.32 Å². The quantitative estimate of drug-likeness (QED) is 0.715. The molecule has 0 aromatic carbocycles. The Morgan fingerprint density at radius 1 is 1.33 bits per heavy atom. The van der Waals surface area contributed by atoms with Crippen molar-refractivity contribution in [1.29, 1.82) is 0 Å². The molecule has 2 aliphatic carbocycles. The molecule has 0 aromatic rings. The number of fused-ring (bicyclic) bond motifs is 2. The highest BCUT2D eigenvalue weighted by Gasteiger charge is 2.45. The Balaban J connectivity index is 1.72. The molecule has 18 heavy (non-hydrogen) atoms. The van der Waals surface area contributed by atoms with Gasteiger partial charge in [0.25, 0.3) is 5.17 Å². The van der Waals surface area contributed by atoms with E-state index >= 15 is 0 Å². The zero-order chi connectivity index (χ0) is 12.9. The van der Waals surface area contributed by atoms with E-state index in [0.717, 1.165) is 32.1 Å². The molecule has 1 saturated heterocycles. The van der Waals surface area contributed by atoms with Crippen LogP contribution < -0.4 is 5.32 Å². The average molecular weight is 289 g/mol. The summed E-state index contributed by atoms with van der Waals surface area (Å²) in [5.74, 6) is 4.56. The summed E-state index contributed by atoms with van der Waals surface area (Å²) in [5, 5.41) is 3.60. The predicted molar refractivity (Wildman–Crippen MR) is 76.1 cm³/mol. The molecular formula is C12H19NO3S2. The Kier molecular flexibility index (Phi) is 3.07. The minimum atomic E-state index is -2.89. The topological polar surface area (TPSA) is 58.6 Å². The maximum absolute atomic E-state index is 11.7. The number of rotatable bonds is 1. The third kappa shape index (κ3) is 2.26. The SMILES string of the molecule is C=S(=O)(O)C1CCC2CC3NC(=S)OC3CC2C1. The van der Waals surface area contributed by atoms with Gasteiger partial charge in [-0.2, -0.15) is 0 Å². The standard InChI is InChI=1S/C12H19NO3S2/c1-18(14,15)9-3-2-7-5-10-11(6-8(7)4-9)16-12(17)13-10/h7-11H,1-6H2,(H,13,17)(H,14,15). The maximum atomic E-state index is 11.7. The summed E-state index contributed by atoms with van der Waals surface area (Å²) < 4.78 is 26.9. The van der Waals surface area contributed by atoms with Crippen molar-refractivity contribution < 1.29 is 13.5 Å². The summed E-state index contributed by atoms with van der Waals surface area (Å²) >= 11 is 5.05. The summed E-state index contributed by atoms with van der Waals surface area (Å²) in [7, 11) is -2.89. The number of ether oxygens (including phenoxy) is 1. The van der Waals surface area contributed by atoms with Crippen molar-refractivity contribution in [2.75, 3.05) is 0 Å². The smallest absolute Gasteiger partial charge is 0.257 e. The van der Waals surface area contributed by atoms with Crippen LogP contribution in [0.3, 0.4) is 0 Å². The highest BCUT2D eigenvalue weighted by molar-refractivity contribution is 7.95. The van der Waals surface area contributed by atoms with Crippen molar-refractivity contribution in [3.63, 3.8) is 0 Å². The molecule has 2 N–H and O–H groups in total. The first-order valence-corrected chi connectivity index (χ1v) is 8.64. The highest BCUT2D eigenvalue weighted by Crippen LogP contribution is 2.44. The van der Waals surface area contributed by atoms with Crippen LogP contribution in [-0.2, 0) is 14.5 Å². The van der Waals surface area contributed by atoms with E-state index in [1.54, 1.807) is 0 Å². The molecule has 2 saturated carbocycles. The zero-order valence-corrected chi connectivity index (χ0v) is 11.8. The summed E-state index contributed by atoms with van der Waals surface area (Å²) in [6.07, 6.45) is 4.85. The lowest BCUT2D eigenvalue weighted by atomic mass is 9.68. The Morgan fingerprint density at radius 2 is 2.11 bits per heavy atom. The van der Waals surface area contributed by atoms with Crippen molar-refractivity contribution >= 4 is 33.1 Å².